The average molecular weight is 481 g/mol. The summed E-state index contributed by atoms with van der Waals surface area (Å²) in [5.74, 6) is -4.63. The van der Waals surface area contributed by atoms with Crippen molar-refractivity contribution in [2.75, 3.05) is 12.3 Å². The lowest BCUT2D eigenvalue weighted by molar-refractivity contribution is -0.148. The van der Waals surface area contributed by atoms with E-state index in [4.69, 9.17) is 10.8 Å². The summed E-state index contributed by atoms with van der Waals surface area (Å²) in [5, 5.41) is 22.9. The van der Waals surface area contributed by atoms with Crippen LogP contribution >= 0.6 is 12.6 Å². The zero-order valence-electron chi connectivity index (χ0n) is 17.8. The van der Waals surface area contributed by atoms with E-state index in [9.17, 15) is 29.1 Å². The summed E-state index contributed by atoms with van der Waals surface area (Å²) < 4.78 is 0. The Hall–Kier alpha value is -3.12. The number of aliphatic carboxylic acids is 2. The van der Waals surface area contributed by atoms with Crippen LogP contribution in [0.5, 0.6) is 0 Å². The van der Waals surface area contributed by atoms with Crippen LogP contribution in [0.15, 0.2) is 30.3 Å². The van der Waals surface area contributed by atoms with E-state index in [0.717, 1.165) is 5.56 Å². The Morgan fingerprint density at radius 2 is 1.76 bits per heavy atom. The first-order chi connectivity index (χ1) is 15.6. The summed E-state index contributed by atoms with van der Waals surface area (Å²) in [6.07, 6.45) is 0.129. The molecule has 0 spiro atoms. The third-order valence-corrected chi connectivity index (χ3v) is 5.66. The van der Waals surface area contributed by atoms with Crippen molar-refractivity contribution in [3.05, 3.63) is 35.9 Å². The molecule has 1 aliphatic heterocycles. The van der Waals surface area contributed by atoms with Gasteiger partial charge in [0.15, 0.2) is 0 Å². The fraction of sp³-hybridized carbons (Fsp3) is 0.476. The molecule has 1 aromatic rings. The molecule has 1 aromatic carbocycles. The molecular formula is C21H28N4O7S. The molecule has 1 heterocycles. The van der Waals surface area contributed by atoms with Gasteiger partial charge in [-0.1, -0.05) is 30.3 Å². The minimum atomic E-state index is -1.62. The van der Waals surface area contributed by atoms with Gasteiger partial charge in [0.2, 0.25) is 17.7 Å². The first-order valence-electron chi connectivity index (χ1n) is 10.4. The van der Waals surface area contributed by atoms with Gasteiger partial charge in [-0.15, -0.1) is 0 Å². The number of nitrogens with two attached hydrogens (primary N) is 1. The van der Waals surface area contributed by atoms with E-state index in [0.29, 0.717) is 6.42 Å². The van der Waals surface area contributed by atoms with Gasteiger partial charge in [-0.2, -0.15) is 12.6 Å². The van der Waals surface area contributed by atoms with Gasteiger partial charge in [0.05, 0.1) is 12.5 Å². The van der Waals surface area contributed by atoms with Crippen molar-refractivity contribution in [1.82, 2.24) is 15.5 Å². The maximum Gasteiger partial charge on any atom is 0.326 e. The number of nitrogens with one attached hydrogen (secondary N) is 2. The largest absolute Gasteiger partial charge is 0.481 e. The van der Waals surface area contributed by atoms with Gasteiger partial charge >= 0.3 is 11.9 Å². The van der Waals surface area contributed by atoms with E-state index in [-0.39, 0.29) is 25.1 Å². The molecule has 33 heavy (non-hydrogen) atoms. The maximum absolute atomic E-state index is 13.4. The highest BCUT2D eigenvalue weighted by Crippen LogP contribution is 2.20. The Morgan fingerprint density at radius 1 is 1.09 bits per heavy atom. The molecular weight excluding hydrogens is 452 g/mol. The van der Waals surface area contributed by atoms with E-state index < -0.39 is 60.2 Å². The van der Waals surface area contributed by atoms with Gasteiger partial charge in [-0.3, -0.25) is 19.2 Å². The highest BCUT2D eigenvalue weighted by molar-refractivity contribution is 7.80. The van der Waals surface area contributed by atoms with Crippen LogP contribution < -0.4 is 16.4 Å². The monoisotopic (exact) mass is 480 g/mol. The normalized spacial score (nSPS) is 18.1. The molecule has 0 aromatic heterocycles. The van der Waals surface area contributed by atoms with Gasteiger partial charge in [-0.25, -0.2) is 4.79 Å². The number of carboxylic acids is 2. The summed E-state index contributed by atoms with van der Waals surface area (Å²) >= 11 is 4.00. The van der Waals surface area contributed by atoms with Crippen molar-refractivity contribution in [1.29, 1.82) is 0 Å². The molecule has 2 rings (SSSR count). The van der Waals surface area contributed by atoms with Crippen molar-refractivity contribution in [3.63, 3.8) is 0 Å². The topological polar surface area (TPSA) is 179 Å². The van der Waals surface area contributed by atoms with E-state index in [1.165, 1.54) is 4.90 Å². The fourth-order valence-electron chi connectivity index (χ4n) is 3.56. The molecule has 4 unspecified atom stereocenters. The number of carbonyl (C=O) groups is 5. The smallest absolute Gasteiger partial charge is 0.326 e. The van der Waals surface area contributed by atoms with E-state index in [1.807, 2.05) is 6.07 Å². The van der Waals surface area contributed by atoms with Gasteiger partial charge in [0, 0.05) is 18.7 Å². The number of likely N-dealkylation sites (tertiary alicyclic amines) is 1. The lowest BCUT2D eigenvalue weighted by Gasteiger charge is -2.30. The number of carboxylic acid groups (broad SMARTS) is 2. The van der Waals surface area contributed by atoms with Crippen LogP contribution in [0.4, 0.5) is 0 Å². The fourth-order valence-corrected chi connectivity index (χ4v) is 3.72. The van der Waals surface area contributed by atoms with Gasteiger partial charge in [0.1, 0.15) is 18.1 Å². The van der Waals surface area contributed by atoms with Crippen molar-refractivity contribution < 1.29 is 34.2 Å². The van der Waals surface area contributed by atoms with Gasteiger partial charge in [0.25, 0.3) is 0 Å². The molecule has 0 radical (unpaired) electrons. The van der Waals surface area contributed by atoms with Crippen LogP contribution in [0, 0.1) is 0 Å². The second-order valence-electron chi connectivity index (χ2n) is 7.73. The predicted octanol–water partition coefficient (Wildman–Crippen LogP) is -0.994. The second-order valence-corrected chi connectivity index (χ2v) is 8.09. The Kier molecular flexibility index (Phi) is 9.67. The van der Waals surface area contributed by atoms with Crippen LogP contribution in [0.1, 0.15) is 24.8 Å². The molecule has 12 heteroatoms. The molecule has 11 nitrogen and oxygen atoms in total. The first kappa shape index (κ1) is 26.1. The molecule has 0 bridgehead atoms. The molecule has 180 valence electrons. The average Bonchev–Trinajstić information content (AvgIpc) is 3.27. The standard InChI is InChI=1S/C21H28N4O7S/c22-13(11-33)18(28)23-14(9-12-5-2-1-3-6-12)20(30)25-8-4-7-16(25)19(29)24-15(21(31)32)10-17(26)27/h1-3,5-6,13-16,33H,4,7-11,22H2,(H,23,28)(H,24,29)(H,26,27)(H,31,32). The summed E-state index contributed by atoms with van der Waals surface area (Å²) in [4.78, 5) is 62.0. The van der Waals surface area contributed by atoms with E-state index in [2.05, 4.69) is 23.3 Å². The van der Waals surface area contributed by atoms with E-state index >= 15 is 0 Å². The Labute approximate surface area is 196 Å². The first-order valence-corrected chi connectivity index (χ1v) is 11.0. The summed E-state index contributed by atoms with van der Waals surface area (Å²) in [7, 11) is 0. The number of rotatable bonds is 11. The minimum absolute atomic E-state index is 0.0764. The summed E-state index contributed by atoms with van der Waals surface area (Å²) in [5.41, 5.74) is 6.51. The minimum Gasteiger partial charge on any atom is -0.481 e. The molecule has 0 aliphatic carbocycles. The Balaban J connectivity index is 2.20. The second kappa shape index (κ2) is 12.2. The highest BCUT2D eigenvalue weighted by atomic mass is 32.1. The van der Waals surface area contributed by atoms with Crippen molar-refractivity contribution in [3.8, 4) is 0 Å². The number of thiol groups is 1. The van der Waals surface area contributed by atoms with E-state index in [1.54, 1.807) is 24.3 Å². The van der Waals surface area contributed by atoms with Crippen LogP contribution in [0.25, 0.3) is 0 Å². The summed E-state index contributed by atoms with van der Waals surface area (Å²) in [6, 6.07) is 4.44. The molecule has 1 saturated heterocycles. The number of carbonyl (C=O) groups excluding carboxylic acids is 3. The number of amides is 3. The van der Waals surface area contributed by atoms with Gasteiger partial charge < -0.3 is 31.5 Å². The molecule has 4 atom stereocenters. The predicted molar refractivity (Wildman–Crippen MR) is 120 cm³/mol. The third kappa shape index (κ3) is 7.46. The zero-order chi connectivity index (χ0) is 24.5. The molecule has 1 aliphatic rings. The number of nitrogens with zero attached hydrogens (tertiary/aromatic N) is 1. The van der Waals surface area contributed by atoms with Crippen molar-refractivity contribution in [2.24, 2.45) is 5.73 Å². The Bertz CT molecular complexity index is 883. The van der Waals surface area contributed by atoms with Crippen molar-refractivity contribution >= 4 is 42.3 Å². The lowest BCUT2D eigenvalue weighted by atomic mass is 10.0. The SMILES string of the molecule is NC(CS)C(=O)NC(Cc1ccccc1)C(=O)N1CCCC1C(=O)NC(CC(=O)O)C(=O)O. The zero-order valence-corrected chi connectivity index (χ0v) is 18.7. The third-order valence-electron chi connectivity index (χ3n) is 5.26. The number of hydrogen-bond donors (Lipinski definition) is 6. The van der Waals surface area contributed by atoms with Crippen LogP contribution in [0.3, 0.4) is 0 Å². The number of benzene rings is 1. The quantitative estimate of drug-likeness (QED) is 0.218. The van der Waals surface area contributed by atoms with Gasteiger partial charge in [-0.05, 0) is 18.4 Å². The summed E-state index contributed by atoms with van der Waals surface area (Å²) in [6.45, 7) is 0.230. The molecule has 0 saturated carbocycles. The van der Waals surface area contributed by atoms with Crippen LogP contribution in [-0.4, -0.2) is 81.2 Å². The van der Waals surface area contributed by atoms with Crippen molar-refractivity contribution in [2.45, 2.75) is 49.9 Å². The number of hydrogen-bond acceptors (Lipinski definition) is 7. The molecule has 6 N–H and O–H groups in total. The lowest BCUT2D eigenvalue weighted by Crippen LogP contribution is -2.57. The maximum atomic E-state index is 13.4. The molecule has 1 fully saturated rings. The Morgan fingerprint density at radius 3 is 2.33 bits per heavy atom. The van der Waals surface area contributed by atoms with Crippen LogP contribution in [0.2, 0.25) is 0 Å². The highest BCUT2D eigenvalue weighted by Gasteiger charge is 2.39. The van der Waals surface area contributed by atoms with Crippen LogP contribution in [-0.2, 0) is 30.4 Å². The molecule has 3 amide bonds.